The molecule has 176 valence electrons. The molecule has 4 N–H and O–H groups in total. The molecule has 2 heterocycles. The van der Waals surface area contributed by atoms with Crippen molar-refractivity contribution in [3.8, 4) is 5.75 Å². The summed E-state index contributed by atoms with van der Waals surface area (Å²) in [5, 5.41) is 14.1. The van der Waals surface area contributed by atoms with Crippen LogP contribution in [0.5, 0.6) is 5.75 Å². The minimum atomic E-state index is -0.786. The van der Waals surface area contributed by atoms with Gasteiger partial charge in [-0.15, -0.1) is 0 Å². The number of rotatable bonds is 7. The third-order valence-electron chi connectivity index (χ3n) is 6.22. The van der Waals surface area contributed by atoms with Gasteiger partial charge in [-0.05, 0) is 43.4 Å². The van der Waals surface area contributed by atoms with E-state index in [2.05, 4.69) is 20.3 Å². The number of nitrogens with two attached hydrogens (primary N) is 1. The molecule has 0 aliphatic heterocycles. The van der Waals surface area contributed by atoms with Crippen molar-refractivity contribution in [1.29, 1.82) is 0 Å². The molecule has 1 aromatic carbocycles. The Balaban J connectivity index is 1.45. The van der Waals surface area contributed by atoms with E-state index in [0.29, 0.717) is 24.0 Å². The highest BCUT2D eigenvalue weighted by Crippen LogP contribution is 2.32. The van der Waals surface area contributed by atoms with Gasteiger partial charge in [-0.3, -0.25) is 4.79 Å². The van der Waals surface area contributed by atoms with Crippen LogP contribution in [0.2, 0.25) is 0 Å². The second kappa shape index (κ2) is 9.72. The van der Waals surface area contributed by atoms with Crippen molar-refractivity contribution in [3.05, 3.63) is 42.5 Å². The van der Waals surface area contributed by atoms with Crippen molar-refractivity contribution in [2.75, 3.05) is 26.1 Å². The monoisotopic (exact) mass is 453 g/mol. The molecular formula is C23H31N7O3. The number of carbonyl (C=O) groups is 1. The van der Waals surface area contributed by atoms with Crippen LogP contribution in [0, 0.1) is 0 Å². The SMILES string of the molecule is COc1ccc(C[C@H](N)C(=O)N[C@@H]2CCC[C@H](n3cnc4c(N(C)C)ncnc43)[C@H]2O)cc1. The maximum absolute atomic E-state index is 12.8. The summed E-state index contributed by atoms with van der Waals surface area (Å²) in [6.07, 6.45) is 5.11. The zero-order valence-corrected chi connectivity index (χ0v) is 19.2. The largest absolute Gasteiger partial charge is 0.497 e. The summed E-state index contributed by atoms with van der Waals surface area (Å²) in [6.45, 7) is 0. The van der Waals surface area contributed by atoms with Crippen LogP contribution in [0.1, 0.15) is 30.9 Å². The van der Waals surface area contributed by atoms with E-state index in [1.54, 1.807) is 13.4 Å². The molecule has 4 atom stereocenters. The second-order valence-electron chi connectivity index (χ2n) is 8.68. The molecule has 0 radical (unpaired) electrons. The van der Waals surface area contributed by atoms with Gasteiger partial charge in [-0.1, -0.05) is 12.1 Å². The van der Waals surface area contributed by atoms with Gasteiger partial charge in [-0.2, -0.15) is 0 Å². The molecule has 1 amide bonds. The van der Waals surface area contributed by atoms with Crippen molar-refractivity contribution < 1.29 is 14.6 Å². The van der Waals surface area contributed by atoms with Crippen LogP contribution >= 0.6 is 0 Å². The molecule has 0 unspecified atom stereocenters. The number of aliphatic hydroxyl groups excluding tert-OH is 1. The quantitative estimate of drug-likeness (QED) is 0.484. The number of carbonyl (C=O) groups excluding carboxylic acids is 1. The lowest BCUT2D eigenvalue weighted by molar-refractivity contribution is -0.124. The summed E-state index contributed by atoms with van der Waals surface area (Å²) in [5.41, 5.74) is 8.47. The normalized spacial score (nSPS) is 21.5. The van der Waals surface area contributed by atoms with E-state index >= 15 is 0 Å². The maximum Gasteiger partial charge on any atom is 0.237 e. The van der Waals surface area contributed by atoms with Gasteiger partial charge in [0.25, 0.3) is 0 Å². The van der Waals surface area contributed by atoms with E-state index in [-0.39, 0.29) is 11.9 Å². The molecule has 1 fully saturated rings. The smallest absolute Gasteiger partial charge is 0.237 e. The van der Waals surface area contributed by atoms with Gasteiger partial charge in [0.2, 0.25) is 5.91 Å². The standard InChI is InChI=1S/C23H31N7O3/c1-29(2)21-19-22(26-12-25-21)30(13-27-19)18-6-4-5-17(20(18)31)28-23(32)16(24)11-14-7-9-15(33-3)10-8-14/h7-10,12-13,16-18,20,31H,4-6,11,24H2,1-3H3,(H,28,32)/t16-,17+,18-,20-/m0/s1. The Morgan fingerprint density at radius 1 is 1.27 bits per heavy atom. The fourth-order valence-electron chi connectivity index (χ4n) is 4.43. The number of nitrogens with zero attached hydrogens (tertiary/aromatic N) is 5. The predicted octanol–water partition coefficient (Wildman–Crippen LogP) is 1.04. The Labute approximate surface area is 192 Å². The van der Waals surface area contributed by atoms with E-state index in [1.165, 1.54) is 6.33 Å². The Morgan fingerprint density at radius 3 is 2.73 bits per heavy atom. The number of benzene rings is 1. The number of aromatic nitrogens is 4. The minimum absolute atomic E-state index is 0.253. The molecule has 1 aliphatic rings. The molecular weight excluding hydrogens is 422 g/mol. The molecule has 0 spiro atoms. The van der Waals surface area contributed by atoms with Crippen LogP contribution in [0.4, 0.5) is 5.82 Å². The number of anilines is 1. The number of aliphatic hydroxyl groups is 1. The van der Waals surface area contributed by atoms with Crippen molar-refractivity contribution in [1.82, 2.24) is 24.8 Å². The summed E-state index contributed by atoms with van der Waals surface area (Å²) >= 11 is 0. The first-order valence-corrected chi connectivity index (χ1v) is 11.1. The van der Waals surface area contributed by atoms with Gasteiger partial charge >= 0.3 is 0 Å². The molecule has 1 saturated carbocycles. The minimum Gasteiger partial charge on any atom is -0.497 e. The van der Waals surface area contributed by atoms with Crippen molar-refractivity contribution in [2.45, 2.75) is 49.9 Å². The van der Waals surface area contributed by atoms with Crippen LogP contribution in [0.3, 0.4) is 0 Å². The molecule has 4 rings (SSSR count). The van der Waals surface area contributed by atoms with Crippen LogP contribution in [0.25, 0.3) is 11.2 Å². The Hall–Kier alpha value is -3.24. The maximum atomic E-state index is 12.8. The summed E-state index contributed by atoms with van der Waals surface area (Å²) in [4.78, 5) is 27.9. The first-order chi connectivity index (χ1) is 15.9. The van der Waals surface area contributed by atoms with Crippen LogP contribution in [-0.4, -0.2) is 69.9 Å². The Morgan fingerprint density at radius 2 is 2.03 bits per heavy atom. The van der Waals surface area contributed by atoms with Crippen LogP contribution in [-0.2, 0) is 11.2 Å². The molecule has 1 aliphatic carbocycles. The third-order valence-corrected chi connectivity index (χ3v) is 6.22. The number of hydrogen-bond donors (Lipinski definition) is 3. The van der Waals surface area contributed by atoms with E-state index in [0.717, 1.165) is 30.0 Å². The molecule has 0 saturated heterocycles. The van der Waals surface area contributed by atoms with Gasteiger partial charge < -0.3 is 30.4 Å². The van der Waals surface area contributed by atoms with E-state index in [9.17, 15) is 9.90 Å². The number of ether oxygens (including phenoxy) is 1. The van der Waals surface area contributed by atoms with E-state index < -0.39 is 18.2 Å². The summed E-state index contributed by atoms with van der Waals surface area (Å²) in [6, 6.07) is 6.11. The van der Waals surface area contributed by atoms with Gasteiger partial charge in [0, 0.05) is 14.1 Å². The van der Waals surface area contributed by atoms with Crippen LogP contribution < -0.4 is 20.7 Å². The lowest BCUT2D eigenvalue weighted by atomic mass is 9.87. The van der Waals surface area contributed by atoms with Gasteiger partial charge in [0.05, 0.1) is 37.7 Å². The Bertz CT molecular complexity index is 1100. The summed E-state index contributed by atoms with van der Waals surface area (Å²) in [7, 11) is 5.41. The van der Waals surface area contributed by atoms with Gasteiger partial charge in [-0.25, -0.2) is 15.0 Å². The number of fused-ring (bicyclic) bond motifs is 1. The van der Waals surface area contributed by atoms with Gasteiger partial charge in [0.15, 0.2) is 17.0 Å². The van der Waals surface area contributed by atoms with Crippen LogP contribution in [0.15, 0.2) is 36.9 Å². The molecule has 33 heavy (non-hydrogen) atoms. The zero-order valence-electron chi connectivity index (χ0n) is 19.2. The van der Waals surface area contributed by atoms with Crippen molar-refractivity contribution >= 4 is 22.9 Å². The molecule has 3 aromatic rings. The number of nitrogens with one attached hydrogen (secondary N) is 1. The predicted molar refractivity (Wildman–Crippen MR) is 125 cm³/mol. The molecule has 10 heteroatoms. The lowest BCUT2D eigenvalue weighted by Gasteiger charge is -2.36. The van der Waals surface area contributed by atoms with Crippen molar-refractivity contribution in [3.63, 3.8) is 0 Å². The molecule has 2 aromatic heterocycles. The first kappa shape index (κ1) is 22.9. The average Bonchev–Trinajstić information content (AvgIpc) is 3.24. The molecule has 0 bridgehead atoms. The topological polar surface area (TPSA) is 131 Å². The summed E-state index contributed by atoms with van der Waals surface area (Å²) in [5.74, 6) is 1.20. The highest BCUT2D eigenvalue weighted by Gasteiger charge is 2.35. The van der Waals surface area contributed by atoms with Crippen molar-refractivity contribution in [2.24, 2.45) is 5.73 Å². The number of methoxy groups -OCH3 is 1. The second-order valence-corrected chi connectivity index (χ2v) is 8.68. The van der Waals surface area contributed by atoms with E-state index in [1.807, 2.05) is 47.8 Å². The zero-order chi connectivity index (χ0) is 23.5. The van der Waals surface area contributed by atoms with Gasteiger partial charge in [0.1, 0.15) is 12.1 Å². The number of imidazole rings is 1. The average molecular weight is 454 g/mol. The summed E-state index contributed by atoms with van der Waals surface area (Å²) < 4.78 is 7.06. The molecule has 10 nitrogen and oxygen atoms in total. The van der Waals surface area contributed by atoms with E-state index in [4.69, 9.17) is 10.5 Å². The lowest BCUT2D eigenvalue weighted by Crippen LogP contribution is -2.53. The first-order valence-electron chi connectivity index (χ1n) is 11.1. The number of hydrogen-bond acceptors (Lipinski definition) is 8. The highest BCUT2D eigenvalue weighted by atomic mass is 16.5. The fourth-order valence-corrected chi connectivity index (χ4v) is 4.43. The highest BCUT2D eigenvalue weighted by molar-refractivity contribution is 5.83. The third kappa shape index (κ3) is 4.76. The number of amides is 1. The fraction of sp³-hybridized carbons (Fsp3) is 0.478. The Kier molecular flexibility index (Phi) is 6.75.